The normalized spacial score (nSPS) is 10.6. The van der Waals surface area contributed by atoms with Crippen molar-refractivity contribution in [3.05, 3.63) is 55.4 Å². The van der Waals surface area contributed by atoms with E-state index in [9.17, 15) is 5.11 Å². The third kappa shape index (κ3) is 3.56. The fraction of sp³-hybridized carbons (Fsp3) is 0.0769. The van der Waals surface area contributed by atoms with Crippen molar-refractivity contribution in [3.8, 4) is 11.5 Å². The predicted molar refractivity (Wildman–Crippen MR) is 81.6 cm³/mol. The zero-order valence-electron chi connectivity index (χ0n) is 9.46. The van der Waals surface area contributed by atoms with E-state index in [-0.39, 0.29) is 6.61 Å². The molecule has 6 heteroatoms. The minimum Gasteiger partial charge on any atom is -0.455 e. The first kappa shape index (κ1) is 14.9. The highest BCUT2D eigenvalue weighted by Gasteiger charge is 2.11. The van der Waals surface area contributed by atoms with E-state index in [0.29, 0.717) is 36.6 Å². The second-order valence-electron chi connectivity index (χ2n) is 3.71. The fourth-order valence-electron chi connectivity index (χ4n) is 1.46. The van der Waals surface area contributed by atoms with Crippen LogP contribution < -0.4 is 4.74 Å². The van der Waals surface area contributed by atoms with Crippen LogP contribution in [0.5, 0.6) is 11.5 Å². The molecule has 0 atom stereocenters. The third-order valence-electron chi connectivity index (χ3n) is 2.39. The Morgan fingerprint density at radius 1 is 1.00 bits per heavy atom. The molecule has 0 bridgehead atoms. The van der Waals surface area contributed by atoms with Crippen LogP contribution in [0.25, 0.3) is 0 Å². The van der Waals surface area contributed by atoms with E-state index < -0.39 is 0 Å². The number of ether oxygens (including phenoxy) is 1. The lowest BCUT2D eigenvalue weighted by Crippen LogP contribution is -1.92. The maximum Gasteiger partial charge on any atom is 0.147 e. The minimum absolute atomic E-state index is 0.158. The summed E-state index contributed by atoms with van der Waals surface area (Å²) in [5.74, 6) is 0.835. The second kappa shape index (κ2) is 6.33. The Labute approximate surface area is 134 Å². The molecule has 0 aliphatic carbocycles. The van der Waals surface area contributed by atoms with Gasteiger partial charge in [-0.15, -0.1) is 0 Å². The van der Waals surface area contributed by atoms with Gasteiger partial charge in [-0.3, -0.25) is 0 Å². The molecule has 2 rings (SSSR count). The van der Waals surface area contributed by atoms with E-state index in [1.54, 1.807) is 30.3 Å². The maximum absolute atomic E-state index is 9.27. The molecule has 2 nitrogen and oxygen atoms in total. The molecular weight excluding hydrogens is 374 g/mol. The Morgan fingerprint density at radius 2 is 1.74 bits per heavy atom. The molecule has 0 saturated carbocycles. The molecule has 2 aromatic rings. The molecular formula is C13H8BrCl3O2. The molecule has 0 fully saturated rings. The Bertz CT molecular complexity index is 617. The summed E-state index contributed by atoms with van der Waals surface area (Å²) in [6.45, 7) is -0.158. The molecule has 100 valence electrons. The van der Waals surface area contributed by atoms with Crippen LogP contribution in [0.1, 0.15) is 5.56 Å². The molecule has 2 aromatic carbocycles. The third-order valence-corrected chi connectivity index (χ3v) is 4.12. The highest BCUT2D eigenvalue weighted by molar-refractivity contribution is 9.10. The van der Waals surface area contributed by atoms with E-state index in [1.165, 1.54) is 0 Å². The SMILES string of the molecule is OCc1ccc(Cl)cc1Oc1cc(Cl)c(Br)cc1Cl. The standard InChI is InChI=1S/C13H8BrCl3O2/c14-9-4-11(17)13(5-10(9)16)19-12-3-8(15)2-1-7(12)6-18/h1-5,18H,6H2. The van der Waals surface area contributed by atoms with Crippen molar-refractivity contribution in [3.63, 3.8) is 0 Å². The van der Waals surface area contributed by atoms with Gasteiger partial charge in [0.1, 0.15) is 11.5 Å². The van der Waals surface area contributed by atoms with Gasteiger partial charge in [-0.25, -0.2) is 0 Å². The van der Waals surface area contributed by atoms with Gasteiger partial charge in [0.25, 0.3) is 0 Å². The van der Waals surface area contributed by atoms with Crippen LogP contribution in [0.15, 0.2) is 34.8 Å². The van der Waals surface area contributed by atoms with Crippen molar-refractivity contribution < 1.29 is 9.84 Å². The Hall–Kier alpha value is -0.450. The van der Waals surface area contributed by atoms with Crippen molar-refractivity contribution in [1.29, 1.82) is 0 Å². The van der Waals surface area contributed by atoms with Crippen LogP contribution >= 0.6 is 50.7 Å². The Balaban J connectivity index is 2.41. The highest BCUT2D eigenvalue weighted by Crippen LogP contribution is 2.38. The Kier molecular flexibility index (Phi) is 4.98. The zero-order valence-corrected chi connectivity index (χ0v) is 13.3. The van der Waals surface area contributed by atoms with Crippen LogP contribution in [-0.4, -0.2) is 5.11 Å². The topological polar surface area (TPSA) is 29.5 Å². The first-order chi connectivity index (χ1) is 9.01. The highest BCUT2D eigenvalue weighted by atomic mass is 79.9. The van der Waals surface area contributed by atoms with Gasteiger partial charge in [0.2, 0.25) is 0 Å². The number of aliphatic hydroxyl groups excluding tert-OH is 1. The minimum atomic E-state index is -0.158. The van der Waals surface area contributed by atoms with Gasteiger partial charge in [-0.05, 0) is 34.1 Å². The van der Waals surface area contributed by atoms with Crippen molar-refractivity contribution in [2.24, 2.45) is 0 Å². The van der Waals surface area contributed by atoms with Gasteiger partial charge >= 0.3 is 0 Å². The summed E-state index contributed by atoms with van der Waals surface area (Å²) in [5.41, 5.74) is 0.611. The summed E-state index contributed by atoms with van der Waals surface area (Å²) >= 11 is 21.3. The molecule has 0 radical (unpaired) electrons. The van der Waals surface area contributed by atoms with E-state index >= 15 is 0 Å². The molecule has 0 amide bonds. The zero-order chi connectivity index (χ0) is 14.0. The first-order valence-corrected chi connectivity index (χ1v) is 7.15. The average Bonchev–Trinajstić information content (AvgIpc) is 2.36. The van der Waals surface area contributed by atoms with Gasteiger partial charge in [0.15, 0.2) is 0 Å². The second-order valence-corrected chi connectivity index (χ2v) is 5.81. The van der Waals surface area contributed by atoms with Crippen LogP contribution in [0.2, 0.25) is 15.1 Å². The van der Waals surface area contributed by atoms with Crippen molar-refractivity contribution in [2.45, 2.75) is 6.61 Å². The average molecular weight is 382 g/mol. The predicted octanol–water partition coefficient (Wildman–Crippen LogP) is 5.69. The number of halogens is 4. The fourth-order valence-corrected chi connectivity index (χ4v) is 2.45. The van der Waals surface area contributed by atoms with Crippen molar-refractivity contribution in [1.82, 2.24) is 0 Å². The number of rotatable bonds is 3. The molecule has 0 aromatic heterocycles. The summed E-state index contributed by atoms with van der Waals surface area (Å²) < 4.78 is 6.35. The van der Waals surface area contributed by atoms with Crippen LogP contribution in [0.4, 0.5) is 0 Å². The molecule has 1 N–H and O–H groups in total. The van der Waals surface area contributed by atoms with Gasteiger partial charge in [-0.1, -0.05) is 40.9 Å². The van der Waals surface area contributed by atoms with E-state index in [1.807, 2.05) is 0 Å². The number of hydrogen-bond acceptors (Lipinski definition) is 2. The van der Waals surface area contributed by atoms with Gasteiger partial charge < -0.3 is 9.84 Å². The van der Waals surface area contributed by atoms with Gasteiger partial charge in [-0.2, -0.15) is 0 Å². The summed E-state index contributed by atoms with van der Waals surface area (Å²) in [4.78, 5) is 0. The molecule has 0 heterocycles. The monoisotopic (exact) mass is 380 g/mol. The number of hydrogen-bond donors (Lipinski definition) is 1. The summed E-state index contributed by atoms with van der Waals surface area (Å²) in [7, 11) is 0. The molecule has 19 heavy (non-hydrogen) atoms. The number of benzene rings is 2. The molecule has 0 spiro atoms. The van der Waals surface area contributed by atoms with Crippen LogP contribution in [-0.2, 0) is 6.61 Å². The van der Waals surface area contributed by atoms with Crippen LogP contribution in [0, 0.1) is 0 Å². The number of aliphatic hydroxyl groups is 1. The molecule has 0 unspecified atom stereocenters. The quantitative estimate of drug-likeness (QED) is 0.691. The van der Waals surface area contributed by atoms with Crippen molar-refractivity contribution in [2.75, 3.05) is 0 Å². The first-order valence-electron chi connectivity index (χ1n) is 5.23. The lowest BCUT2D eigenvalue weighted by atomic mass is 10.2. The summed E-state index contributed by atoms with van der Waals surface area (Å²) in [6, 6.07) is 8.21. The summed E-state index contributed by atoms with van der Waals surface area (Å²) in [5, 5.41) is 10.7. The summed E-state index contributed by atoms with van der Waals surface area (Å²) in [6.07, 6.45) is 0. The lowest BCUT2D eigenvalue weighted by Gasteiger charge is -2.12. The Morgan fingerprint density at radius 3 is 2.42 bits per heavy atom. The van der Waals surface area contributed by atoms with E-state index in [0.717, 1.165) is 0 Å². The smallest absolute Gasteiger partial charge is 0.147 e. The largest absolute Gasteiger partial charge is 0.455 e. The van der Waals surface area contributed by atoms with E-state index in [2.05, 4.69) is 15.9 Å². The van der Waals surface area contributed by atoms with Crippen molar-refractivity contribution >= 4 is 50.7 Å². The van der Waals surface area contributed by atoms with Crippen LogP contribution in [0.3, 0.4) is 0 Å². The molecule has 0 aliphatic rings. The van der Waals surface area contributed by atoms with Gasteiger partial charge in [0.05, 0.1) is 16.7 Å². The molecule has 0 saturated heterocycles. The van der Waals surface area contributed by atoms with E-state index in [4.69, 9.17) is 39.5 Å². The molecule has 0 aliphatic heterocycles. The van der Waals surface area contributed by atoms with Gasteiger partial charge in [0, 0.05) is 21.1 Å². The maximum atomic E-state index is 9.27. The lowest BCUT2D eigenvalue weighted by molar-refractivity contribution is 0.276.